The molecule has 0 fully saturated rings. The average Bonchev–Trinajstić information content (AvgIpc) is 2.85. The van der Waals surface area contributed by atoms with E-state index in [4.69, 9.17) is 0 Å². The first-order valence-electron chi connectivity index (χ1n) is 5.89. The SMILES string of the molecule is O=C1C[C@H](C(=O)Nc2cccc(F)c2)n2ncnc2N1. The van der Waals surface area contributed by atoms with Crippen molar-refractivity contribution >= 4 is 23.5 Å². The number of fused-ring (bicyclic) bond motifs is 1. The van der Waals surface area contributed by atoms with Crippen LogP contribution in [0.25, 0.3) is 0 Å². The summed E-state index contributed by atoms with van der Waals surface area (Å²) in [6.07, 6.45) is 1.21. The van der Waals surface area contributed by atoms with Gasteiger partial charge in [-0.25, -0.2) is 9.07 Å². The van der Waals surface area contributed by atoms with Crippen LogP contribution in [0, 0.1) is 5.82 Å². The minimum absolute atomic E-state index is 0.0441. The Bertz CT molecular complexity index is 684. The Labute approximate surface area is 112 Å². The van der Waals surface area contributed by atoms with Crippen LogP contribution < -0.4 is 10.6 Å². The fourth-order valence-corrected chi connectivity index (χ4v) is 2.00. The summed E-state index contributed by atoms with van der Waals surface area (Å²) in [5.74, 6) is -0.992. The highest BCUT2D eigenvalue weighted by molar-refractivity contribution is 6.00. The molecule has 0 radical (unpaired) electrons. The van der Waals surface area contributed by atoms with Gasteiger partial charge in [0.15, 0.2) is 0 Å². The Kier molecular flexibility index (Phi) is 2.90. The number of nitrogens with one attached hydrogen (secondary N) is 2. The number of amides is 2. The van der Waals surface area contributed by atoms with Crippen molar-refractivity contribution in [2.45, 2.75) is 12.5 Å². The zero-order valence-electron chi connectivity index (χ0n) is 10.2. The molecular formula is C12H10FN5O2. The molecule has 2 N–H and O–H groups in total. The van der Waals surface area contributed by atoms with Crippen molar-refractivity contribution in [2.24, 2.45) is 0 Å². The summed E-state index contributed by atoms with van der Waals surface area (Å²) in [5.41, 5.74) is 0.322. The third kappa shape index (κ3) is 2.22. The van der Waals surface area contributed by atoms with E-state index in [1.54, 1.807) is 6.07 Å². The molecule has 102 valence electrons. The molecule has 1 aliphatic rings. The maximum absolute atomic E-state index is 13.1. The molecule has 8 heteroatoms. The number of carbonyl (C=O) groups is 2. The van der Waals surface area contributed by atoms with Gasteiger partial charge in [0.1, 0.15) is 18.2 Å². The molecule has 2 amide bonds. The maximum atomic E-state index is 13.1. The molecule has 2 heterocycles. The number of hydrogen-bond acceptors (Lipinski definition) is 4. The van der Waals surface area contributed by atoms with E-state index in [9.17, 15) is 14.0 Å². The second-order valence-corrected chi connectivity index (χ2v) is 4.30. The standard InChI is InChI=1S/C12H10FN5O2/c13-7-2-1-3-8(4-7)16-11(20)9-5-10(19)17-12-14-6-15-18(9)12/h1-4,6,9H,5H2,(H,16,20)(H,14,15,17,19)/t9-/m1/s1. The van der Waals surface area contributed by atoms with Crippen molar-refractivity contribution in [1.29, 1.82) is 0 Å². The van der Waals surface area contributed by atoms with Crippen LogP contribution in [0.2, 0.25) is 0 Å². The lowest BCUT2D eigenvalue weighted by atomic mass is 10.1. The number of aromatic nitrogens is 3. The smallest absolute Gasteiger partial charge is 0.249 e. The number of hydrogen-bond donors (Lipinski definition) is 2. The van der Waals surface area contributed by atoms with Crippen LogP contribution in [-0.2, 0) is 9.59 Å². The molecule has 0 unspecified atom stereocenters. The van der Waals surface area contributed by atoms with Gasteiger partial charge in [-0.3, -0.25) is 14.9 Å². The number of halogens is 1. The zero-order chi connectivity index (χ0) is 14.1. The average molecular weight is 275 g/mol. The number of carbonyl (C=O) groups excluding carboxylic acids is 2. The molecule has 0 saturated carbocycles. The molecule has 0 saturated heterocycles. The Hall–Kier alpha value is -2.77. The Morgan fingerprint density at radius 1 is 1.50 bits per heavy atom. The molecule has 1 atom stereocenters. The molecule has 20 heavy (non-hydrogen) atoms. The van der Waals surface area contributed by atoms with Crippen molar-refractivity contribution < 1.29 is 14.0 Å². The van der Waals surface area contributed by atoms with Crippen LogP contribution in [0.4, 0.5) is 16.0 Å². The van der Waals surface area contributed by atoms with Gasteiger partial charge in [-0.1, -0.05) is 6.07 Å². The minimum atomic E-state index is -0.801. The monoisotopic (exact) mass is 275 g/mol. The first kappa shape index (κ1) is 12.3. The summed E-state index contributed by atoms with van der Waals surface area (Å²) < 4.78 is 14.4. The molecule has 0 aliphatic carbocycles. The minimum Gasteiger partial charge on any atom is -0.324 e. The highest BCUT2D eigenvalue weighted by atomic mass is 19.1. The Morgan fingerprint density at radius 2 is 2.35 bits per heavy atom. The number of anilines is 2. The quantitative estimate of drug-likeness (QED) is 0.853. The maximum Gasteiger partial charge on any atom is 0.249 e. The van der Waals surface area contributed by atoms with Crippen LogP contribution in [0.3, 0.4) is 0 Å². The van der Waals surface area contributed by atoms with Crippen molar-refractivity contribution in [2.75, 3.05) is 10.6 Å². The number of rotatable bonds is 2. The van der Waals surface area contributed by atoms with Crippen molar-refractivity contribution in [3.8, 4) is 0 Å². The van der Waals surface area contributed by atoms with Crippen molar-refractivity contribution in [3.05, 3.63) is 36.4 Å². The Morgan fingerprint density at radius 3 is 3.15 bits per heavy atom. The van der Waals surface area contributed by atoms with Gasteiger partial charge >= 0.3 is 0 Å². The van der Waals surface area contributed by atoms with Crippen LogP contribution in [-0.4, -0.2) is 26.6 Å². The van der Waals surface area contributed by atoms with Gasteiger partial charge in [0.25, 0.3) is 0 Å². The molecular weight excluding hydrogens is 265 g/mol. The van der Waals surface area contributed by atoms with Gasteiger partial charge in [0, 0.05) is 5.69 Å². The first-order valence-corrected chi connectivity index (χ1v) is 5.89. The van der Waals surface area contributed by atoms with Crippen molar-refractivity contribution in [3.63, 3.8) is 0 Å². The second-order valence-electron chi connectivity index (χ2n) is 4.30. The van der Waals surface area contributed by atoms with E-state index in [2.05, 4.69) is 20.7 Å². The molecule has 1 aromatic carbocycles. The van der Waals surface area contributed by atoms with E-state index in [-0.39, 0.29) is 18.3 Å². The lowest BCUT2D eigenvalue weighted by Crippen LogP contribution is -2.36. The summed E-state index contributed by atoms with van der Waals surface area (Å²) in [6, 6.07) is 4.72. The van der Waals surface area contributed by atoms with E-state index < -0.39 is 17.8 Å². The van der Waals surface area contributed by atoms with Crippen LogP contribution >= 0.6 is 0 Å². The van der Waals surface area contributed by atoms with E-state index in [0.717, 1.165) is 0 Å². The summed E-state index contributed by atoms with van der Waals surface area (Å²) in [6.45, 7) is 0. The molecule has 3 rings (SSSR count). The van der Waals surface area contributed by atoms with E-state index in [1.165, 1.54) is 29.2 Å². The summed E-state index contributed by atoms with van der Waals surface area (Å²) in [5, 5.41) is 8.97. The van der Waals surface area contributed by atoms with Crippen LogP contribution in [0.15, 0.2) is 30.6 Å². The first-order chi connectivity index (χ1) is 9.63. The fraction of sp³-hybridized carbons (Fsp3) is 0.167. The molecule has 1 aromatic heterocycles. The van der Waals surface area contributed by atoms with Gasteiger partial charge in [-0.05, 0) is 18.2 Å². The van der Waals surface area contributed by atoms with Gasteiger partial charge in [0.2, 0.25) is 17.8 Å². The third-order valence-corrected chi connectivity index (χ3v) is 2.89. The normalized spacial score (nSPS) is 17.2. The Balaban J connectivity index is 1.83. The van der Waals surface area contributed by atoms with Crippen LogP contribution in [0.5, 0.6) is 0 Å². The largest absolute Gasteiger partial charge is 0.324 e. The highest BCUT2D eigenvalue weighted by Crippen LogP contribution is 2.23. The fourth-order valence-electron chi connectivity index (χ4n) is 2.00. The molecule has 7 nitrogen and oxygen atoms in total. The highest BCUT2D eigenvalue weighted by Gasteiger charge is 2.31. The van der Waals surface area contributed by atoms with Gasteiger partial charge in [-0.2, -0.15) is 10.1 Å². The van der Waals surface area contributed by atoms with Crippen LogP contribution in [0.1, 0.15) is 12.5 Å². The molecule has 1 aliphatic heterocycles. The molecule has 0 spiro atoms. The van der Waals surface area contributed by atoms with Gasteiger partial charge in [-0.15, -0.1) is 0 Å². The predicted octanol–water partition coefficient (Wildman–Crippen LogP) is 0.939. The van der Waals surface area contributed by atoms with E-state index in [1.807, 2.05) is 0 Å². The van der Waals surface area contributed by atoms with Crippen molar-refractivity contribution in [1.82, 2.24) is 14.8 Å². The summed E-state index contributed by atoms with van der Waals surface area (Å²) in [7, 11) is 0. The lowest BCUT2D eigenvalue weighted by Gasteiger charge is -2.22. The van der Waals surface area contributed by atoms with Gasteiger partial charge < -0.3 is 5.32 Å². The van der Waals surface area contributed by atoms with Gasteiger partial charge in [0.05, 0.1) is 6.42 Å². The summed E-state index contributed by atoms with van der Waals surface area (Å²) in [4.78, 5) is 27.5. The number of nitrogens with zero attached hydrogens (tertiary/aromatic N) is 3. The van der Waals surface area contributed by atoms with E-state index in [0.29, 0.717) is 5.69 Å². The predicted molar refractivity (Wildman–Crippen MR) is 67.3 cm³/mol. The number of benzene rings is 1. The topological polar surface area (TPSA) is 88.9 Å². The zero-order valence-corrected chi connectivity index (χ0v) is 10.2. The molecule has 0 bridgehead atoms. The van der Waals surface area contributed by atoms with E-state index >= 15 is 0 Å². The second kappa shape index (κ2) is 4.72. The lowest BCUT2D eigenvalue weighted by molar-refractivity contribution is -0.125. The molecule has 2 aromatic rings. The summed E-state index contributed by atoms with van der Waals surface area (Å²) >= 11 is 0. The third-order valence-electron chi connectivity index (χ3n) is 2.89.